The van der Waals surface area contributed by atoms with Crippen molar-refractivity contribution in [2.24, 2.45) is 4.99 Å². The minimum atomic E-state index is -2.87. The number of para-hydroxylation sites is 1. The summed E-state index contributed by atoms with van der Waals surface area (Å²) in [5.74, 6) is 0.625. The number of rotatable bonds is 8. The smallest absolute Gasteiger partial charge is 0.387 e. The number of alkyl halides is 2. The predicted octanol–water partition coefficient (Wildman–Crippen LogP) is 3.86. The van der Waals surface area contributed by atoms with Crippen molar-refractivity contribution in [1.29, 1.82) is 0 Å². The van der Waals surface area contributed by atoms with E-state index >= 15 is 0 Å². The highest BCUT2D eigenvalue weighted by Gasteiger charge is 2.10. The molecule has 2 rings (SSSR count). The van der Waals surface area contributed by atoms with Gasteiger partial charge in [0.1, 0.15) is 5.75 Å². The highest BCUT2D eigenvalue weighted by molar-refractivity contribution is 14.0. The number of nitrogens with one attached hydrogen (secondary N) is 2. The van der Waals surface area contributed by atoms with Crippen LogP contribution in [-0.4, -0.2) is 44.0 Å². The molecule has 6 nitrogen and oxygen atoms in total. The Kier molecular flexibility index (Phi) is 11.1. The van der Waals surface area contributed by atoms with Gasteiger partial charge in [-0.25, -0.2) is 4.99 Å². The van der Waals surface area contributed by atoms with Gasteiger partial charge in [-0.3, -0.25) is 4.79 Å². The second kappa shape index (κ2) is 13.0. The Hall–Kier alpha value is -2.43. The molecule has 1 amide bonds. The molecule has 0 heterocycles. The fraction of sp³-hybridized carbons (Fsp3) is 0.333. The van der Waals surface area contributed by atoms with Crippen molar-refractivity contribution < 1.29 is 18.3 Å². The number of benzene rings is 2. The average molecular weight is 532 g/mol. The van der Waals surface area contributed by atoms with Crippen LogP contribution < -0.4 is 15.4 Å². The van der Waals surface area contributed by atoms with Crippen LogP contribution in [0.4, 0.5) is 8.78 Å². The monoisotopic (exact) mass is 532 g/mol. The summed E-state index contributed by atoms with van der Waals surface area (Å²) >= 11 is 0. The van der Waals surface area contributed by atoms with Crippen molar-refractivity contribution in [3.8, 4) is 5.75 Å². The molecule has 0 aromatic heterocycles. The van der Waals surface area contributed by atoms with Crippen LogP contribution in [0, 0.1) is 0 Å². The molecular weight excluding hydrogens is 505 g/mol. The van der Waals surface area contributed by atoms with E-state index in [4.69, 9.17) is 0 Å². The molecule has 2 N–H and O–H groups in total. The molecule has 2 aromatic carbocycles. The molecule has 164 valence electrons. The Morgan fingerprint density at radius 3 is 2.37 bits per heavy atom. The fourth-order valence-corrected chi connectivity index (χ4v) is 2.56. The van der Waals surface area contributed by atoms with Crippen molar-refractivity contribution in [3.63, 3.8) is 0 Å². The maximum absolute atomic E-state index is 12.5. The third-order valence-electron chi connectivity index (χ3n) is 4.01. The Labute approximate surface area is 192 Å². The lowest BCUT2D eigenvalue weighted by Gasteiger charge is -2.14. The Bertz CT molecular complexity index is 830. The topological polar surface area (TPSA) is 66.0 Å². The minimum Gasteiger partial charge on any atom is -0.434 e. The Morgan fingerprint density at radius 1 is 1.10 bits per heavy atom. The van der Waals surface area contributed by atoms with Crippen molar-refractivity contribution in [3.05, 3.63) is 65.2 Å². The number of halogens is 3. The van der Waals surface area contributed by atoms with Crippen LogP contribution in [0.5, 0.6) is 5.75 Å². The number of nitrogens with zero attached hydrogens (tertiary/aromatic N) is 2. The summed E-state index contributed by atoms with van der Waals surface area (Å²) in [6.07, 6.45) is 0. The number of carbonyl (C=O) groups is 1. The van der Waals surface area contributed by atoms with Gasteiger partial charge in [0, 0.05) is 38.3 Å². The molecule has 9 heteroatoms. The SMILES string of the molecule is CCNC(=NCc1ccc(C(=O)N(C)C)cc1)NCc1ccccc1OC(F)F.I. The first-order valence-electron chi connectivity index (χ1n) is 9.26. The summed E-state index contributed by atoms with van der Waals surface area (Å²) in [6.45, 7) is 0.399. The molecular formula is C21H27F2IN4O2. The van der Waals surface area contributed by atoms with Gasteiger partial charge >= 0.3 is 6.61 Å². The molecule has 0 atom stereocenters. The number of guanidine groups is 1. The standard InChI is InChI=1S/C21H26F2N4O2.HI/c1-4-24-21(26-14-17-7-5-6-8-18(17)29-20(22)23)25-13-15-9-11-16(12-10-15)19(28)27(2)3;/h5-12,20H,4,13-14H2,1-3H3,(H2,24,25,26);1H. The van der Waals surface area contributed by atoms with Gasteiger partial charge in [0.25, 0.3) is 5.91 Å². The quantitative estimate of drug-likeness (QED) is 0.308. The summed E-state index contributed by atoms with van der Waals surface area (Å²) in [5, 5.41) is 6.24. The van der Waals surface area contributed by atoms with Gasteiger partial charge in [-0.2, -0.15) is 8.78 Å². The fourth-order valence-electron chi connectivity index (χ4n) is 2.56. The molecule has 0 fully saturated rings. The molecule has 0 bridgehead atoms. The lowest BCUT2D eigenvalue weighted by Crippen LogP contribution is -2.36. The highest BCUT2D eigenvalue weighted by atomic mass is 127. The molecule has 0 radical (unpaired) electrons. The van der Waals surface area contributed by atoms with Gasteiger partial charge in [0.15, 0.2) is 5.96 Å². The molecule has 0 unspecified atom stereocenters. The van der Waals surface area contributed by atoms with Gasteiger partial charge < -0.3 is 20.3 Å². The Morgan fingerprint density at radius 2 is 1.77 bits per heavy atom. The summed E-state index contributed by atoms with van der Waals surface area (Å²) in [6, 6.07) is 13.9. The van der Waals surface area contributed by atoms with E-state index in [1.54, 1.807) is 44.4 Å². The molecule has 30 heavy (non-hydrogen) atoms. The number of ether oxygens (including phenoxy) is 1. The third kappa shape index (κ3) is 8.13. The molecule has 0 aliphatic carbocycles. The van der Waals surface area contributed by atoms with Gasteiger partial charge in [0.2, 0.25) is 0 Å². The van der Waals surface area contributed by atoms with Crippen LogP contribution in [0.25, 0.3) is 0 Å². The largest absolute Gasteiger partial charge is 0.434 e. The number of aliphatic imine (C=N–C) groups is 1. The van der Waals surface area contributed by atoms with E-state index in [1.165, 1.54) is 11.0 Å². The maximum Gasteiger partial charge on any atom is 0.387 e. The summed E-state index contributed by atoms with van der Waals surface area (Å²) in [5.41, 5.74) is 2.16. The molecule has 0 saturated heterocycles. The normalized spacial score (nSPS) is 10.9. The van der Waals surface area contributed by atoms with Crippen molar-refractivity contribution >= 4 is 35.8 Å². The molecule has 0 saturated carbocycles. The van der Waals surface area contributed by atoms with Crippen LogP contribution in [0.3, 0.4) is 0 Å². The van der Waals surface area contributed by atoms with Gasteiger partial charge in [-0.15, -0.1) is 24.0 Å². The first-order chi connectivity index (χ1) is 13.9. The third-order valence-corrected chi connectivity index (χ3v) is 4.01. The van der Waals surface area contributed by atoms with E-state index in [0.29, 0.717) is 30.2 Å². The number of hydrogen-bond acceptors (Lipinski definition) is 3. The Balaban J connectivity index is 0.00000450. The van der Waals surface area contributed by atoms with Gasteiger partial charge in [0.05, 0.1) is 6.54 Å². The minimum absolute atomic E-state index is 0. The van der Waals surface area contributed by atoms with Crippen LogP contribution in [0.15, 0.2) is 53.5 Å². The van der Waals surface area contributed by atoms with Crippen LogP contribution in [0.1, 0.15) is 28.4 Å². The number of amides is 1. The maximum atomic E-state index is 12.5. The van der Waals surface area contributed by atoms with Crippen molar-refractivity contribution in [1.82, 2.24) is 15.5 Å². The average Bonchev–Trinajstić information content (AvgIpc) is 2.70. The van der Waals surface area contributed by atoms with Crippen LogP contribution >= 0.6 is 24.0 Å². The summed E-state index contributed by atoms with van der Waals surface area (Å²) in [7, 11) is 3.42. The highest BCUT2D eigenvalue weighted by Crippen LogP contribution is 2.19. The predicted molar refractivity (Wildman–Crippen MR) is 125 cm³/mol. The molecule has 2 aromatic rings. The van der Waals surface area contributed by atoms with E-state index in [-0.39, 0.29) is 42.2 Å². The zero-order valence-electron chi connectivity index (χ0n) is 17.2. The molecule has 0 spiro atoms. The van der Waals surface area contributed by atoms with E-state index < -0.39 is 6.61 Å². The van der Waals surface area contributed by atoms with Gasteiger partial charge in [-0.1, -0.05) is 30.3 Å². The van der Waals surface area contributed by atoms with E-state index in [1.807, 2.05) is 19.1 Å². The second-order valence-corrected chi connectivity index (χ2v) is 6.43. The first-order valence-corrected chi connectivity index (χ1v) is 9.26. The van der Waals surface area contributed by atoms with E-state index in [2.05, 4.69) is 20.4 Å². The van der Waals surface area contributed by atoms with E-state index in [0.717, 1.165) is 5.56 Å². The van der Waals surface area contributed by atoms with Crippen molar-refractivity contribution in [2.75, 3.05) is 20.6 Å². The first kappa shape index (κ1) is 25.6. The van der Waals surface area contributed by atoms with Crippen molar-refractivity contribution in [2.45, 2.75) is 26.6 Å². The van der Waals surface area contributed by atoms with Gasteiger partial charge in [-0.05, 0) is 30.7 Å². The number of carbonyl (C=O) groups excluding carboxylic acids is 1. The van der Waals surface area contributed by atoms with E-state index in [9.17, 15) is 13.6 Å². The van der Waals surface area contributed by atoms with Crippen LogP contribution in [-0.2, 0) is 13.1 Å². The summed E-state index contributed by atoms with van der Waals surface area (Å²) < 4.78 is 29.6. The number of hydrogen-bond donors (Lipinski definition) is 2. The van der Waals surface area contributed by atoms with Crippen LogP contribution in [0.2, 0.25) is 0 Å². The zero-order chi connectivity index (χ0) is 21.2. The second-order valence-electron chi connectivity index (χ2n) is 6.43. The lowest BCUT2D eigenvalue weighted by atomic mass is 10.1. The lowest BCUT2D eigenvalue weighted by molar-refractivity contribution is -0.0504. The summed E-state index contributed by atoms with van der Waals surface area (Å²) in [4.78, 5) is 18.0. The molecule has 0 aliphatic rings. The zero-order valence-corrected chi connectivity index (χ0v) is 19.5. The molecule has 0 aliphatic heterocycles.